The van der Waals surface area contributed by atoms with Crippen molar-refractivity contribution < 1.29 is 18.9 Å². The van der Waals surface area contributed by atoms with Crippen molar-refractivity contribution >= 4 is 0 Å². The van der Waals surface area contributed by atoms with Crippen molar-refractivity contribution in [2.24, 2.45) is 23.7 Å². The minimum atomic E-state index is -0.465. The van der Waals surface area contributed by atoms with E-state index in [1.54, 1.807) is 5.57 Å². The van der Waals surface area contributed by atoms with Crippen LogP contribution in [0.1, 0.15) is 65.2 Å². The highest BCUT2D eigenvalue weighted by Gasteiger charge is 2.67. The zero-order valence-corrected chi connectivity index (χ0v) is 16.2. The molecule has 0 amide bonds. The van der Waals surface area contributed by atoms with Crippen molar-refractivity contribution in [3.63, 3.8) is 0 Å². The van der Waals surface area contributed by atoms with E-state index in [0.29, 0.717) is 23.7 Å². The zero-order valence-electron chi connectivity index (χ0n) is 16.2. The van der Waals surface area contributed by atoms with Crippen LogP contribution in [0.5, 0.6) is 0 Å². The maximum atomic E-state index is 6.79. The number of hydrogen-bond donors (Lipinski definition) is 0. The fourth-order valence-corrected chi connectivity index (χ4v) is 7.76. The van der Waals surface area contributed by atoms with Crippen LogP contribution in [-0.4, -0.2) is 36.5 Å². The Bertz CT molecular complexity index is 634. The second-order valence-corrected chi connectivity index (χ2v) is 9.94. The summed E-state index contributed by atoms with van der Waals surface area (Å²) >= 11 is 0. The van der Waals surface area contributed by atoms with Gasteiger partial charge in [-0.25, -0.2) is 0 Å². The van der Waals surface area contributed by atoms with Gasteiger partial charge in [0.2, 0.25) is 0 Å². The fraction of sp³-hybridized carbons (Fsp3) is 0.909. The summed E-state index contributed by atoms with van der Waals surface area (Å²) in [6.07, 6.45) is 12.5. The molecule has 6 rings (SSSR count). The van der Waals surface area contributed by atoms with Crippen molar-refractivity contribution in [2.45, 2.75) is 88.5 Å². The molecule has 4 heteroatoms. The lowest BCUT2D eigenvalue weighted by Crippen LogP contribution is -2.58. The van der Waals surface area contributed by atoms with E-state index in [-0.39, 0.29) is 17.5 Å². The second-order valence-electron chi connectivity index (χ2n) is 9.94. The first-order valence-corrected chi connectivity index (χ1v) is 10.9. The number of fused-ring (bicyclic) bond motifs is 4. The largest absolute Gasteiger partial charge is 0.347 e. The third-order valence-corrected chi connectivity index (χ3v) is 8.35. The molecule has 6 aliphatic rings. The normalized spacial score (nSPS) is 50.7. The summed E-state index contributed by atoms with van der Waals surface area (Å²) in [5.74, 6) is 1.59. The topological polar surface area (TPSA) is 36.9 Å². The van der Waals surface area contributed by atoms with Gasteiger partial charge in [-0.05, 0) is 82.1 Å². The zero-order chi connectivity index (χ0) is 17.6. The van der Waals surface area contributed by atoms with E-state index in [0.717, 1.165) is 32.5 Å². The first kappa shape index (κ1) is 16.5. The fourth-order valence-electron chi connectivity index (χ4n) is 7.76. The Morgan fingerprint density at radius 3 is 2.65 bits per heavy atom. The minimum absolute atomic E-state index is 0.172. The summed E-state index contributed by atoms with van der Waals surface area (Å²) < 4.78 is 25.9. The summed E-state index contributed by atoms with van der Waals surface area (Å²) in [5.41, 5.74) is 1.39. The van der Waals surface area contributed by atoms with Gasteiger partial charge in [-0.1, -0.05) is 6.08 Å². The Kier molecular flexibility index (Phi) is 3.40. The summed E-state index contributed by atoms with van der Waals surface area (Å²) in [4.78, 5) is 0. The van der Waals surface area contributed by atoms with Crippen LogP contribution in [0.3, 0.4) is 0 Å². The van der Waals surface area contributed by atoms with Crippen LogP contribution in [0, 0.1) is 23.7 Å². The molecule has 0 unspecified atom stereocenters. The standard InChI is InChI=1S/C22H32O4/c1-20(2)25-18-10-7-15-6-8-16-17(22(15,18)26-20)9-5-14-4-3-11-21(19(14)16)23-12-13-24-21/h9,14-16,18-19H,3-8,10-13H2,1-2H3/t14-,15-,16+,18-,19+,22-/m1/s1. The van der Waals surface area contributed by atoms with Crippen LogP contribution in [-0.2, 0) is 18.9 Å². The van der Waals surface area contributed by atoms with Gasteiger partial charge in [0, 0.05) is 12.3 Å². The summed E-state index contributed by atoms with van der Waals surface area (Å²) in [6.45, 7) is 5.71. The Labute approximate surface area is 156 Å². The first-order chi connectivity index (χ1) is 12.5. The molecule has 26 heavy (non-hydrogen) atoms. The van der Waals surface area contributed by atoms with Crippen molar-refractivity contribution in [1.82, 2.24) is 0 Å². The SMILES string of the molecule is CC1(C)O[C@@H]2CC[C@H]3CC[C@H]4C(=CC[C@H]5CCCC6(OCCO6)[C@@H]54)[C@]32O1. The summed E-state index contributed by atoms with van der Waals surface area (Å²) in [6, 6.07) is 0. The number of rotatable bonds is 0. The van der Waals surface area contributed by atoms with Gasteiger partial charge in [-0.15, -0.1) is 0 Å². The van der Waals surface area contributed by atoms with Gasteiger partial charge in [0.15, 0.2) is 11.6 Å². The molecule has 2 heterocycles. The molecule has 0 N–H and O–H groups in total. The van der Waals surface area contributed by atoms with E-state index in [2.05, 4.69) is 19.9 Å². The van der Waals surface area contributed by atoms with Gasteiger partial charge in [0.25, 0.3) is 0 Å². The molecule has 6 atom stereocenters. The highest BCUT2D eigenvalue weighted by molar-refractivity contribution is 5.35. The first-order valence-electron chi connectivity index (χ1n) is 10.9. The molecular weight excluding hydrogens is 328 g/mol. The molecule has 5 fully saturated rings. The molecular formula is C22H32O4. The quantitative estimate of drug-likeness (QED) is 0.607. The lowest BCUT2D eigenvalue weighted by molar-refractivity contribution is -0.244. The van der Waals surface area contributed by atoms with Gasteiger partial charge in [-0.3, -0.25) is 0 Å². The number of ether oxygens (including phenoxy) is 4. The van der Waals surface area contributed by atoms with E-state index in [4.69, 9.17) is 18.9 Å². The molecule has 4 aliphatic carbocycles. The van der Waals surface area contributed by atoms with E-state index in [1.165, 1.54) is 32.1 Å². The molecule has 0 aromatic rings. The van der Waals surface area contributed by atoms with Crippen molar-refractivity contribution in [1.29, 1.82) is 0 Å². The number of allylic oxidation sites excluding steroid dienone is 1. The van der Waals surface area contributed by atoms with Gasteiger partial charge >= 0.3 is 0 Å². The molecule has 0 radical (unpaired) electrons. The molecule has 2 saturated heterocycles. The average molecular weight is 360 g/mol. The summed E-state index contributed by atoms with van der Waals surface area (Å²) in [5, 5.41) is 0. The smallest absolute Gasteiger partial charge is 0.172 e. The van der Waals surface area contributed by atoms with Gasteiger partial charge in [-0.2, -0.15) is 0 Å². The van der Waals surface area contributed by atoms with E-state index >= 15 is 0 Å². The minimum Gasteiger partial charge on any atom is -0.347 e. The van der Waals surface area contributed by atoms with Crippen LogP contribution in [0.2, 0.25) is 0 Å². The third-order valence-electron chi connectivity index (χ3n) is 8.35. The predicted octanol–water partition coefficient (Wildman–Crippen LogP) is 4.19. The van der Waals surface area contributed by atoms with Gasteiger partial charge in [0.05, 0.1) is 19.3 Å². The van der Waals surface area contributed by atoms with E-state index < -0.39 is 5.79 Å². The molecule has 2 spiro atoms. The van der Waals surface area contributed by atoms with Crippen LogP contribution >= 0.6 is 0 Å². The summed E-state index contributed by atoms with van der Waals surface area (Å²) in [7, 11) is 0. The van der Waals surface area contributed by atoms with Crippen LogP contribution in [0.4, 0.5) is 0 Å². The van der Waals surface area contributed by atoms with Crippen LogP contribution in [0.15, 0.2) is 11.6 Å². The Morgan fingerprint density at radius 2 is 1.81 bits per heavy atom. The molecule has 3 saturated carbocycles. The van der Waals surface area contributed by atoms with E-state index in [1.807, 2.05) is 0 Å². The van der Waals surface area contributed by atoms with Gasteiger partial charge < -0.3 is 18.9 Å². The molecule has 0 aromatic heterocycles. The molecule has 2 aliphatic heterocycles. The van der Waals surface area contributed by atoms with Crippen molar-refractivity contribution in [3.05, 3.63) is 11.6 Å². The Hall–Kier alpha value is -0.420. The lowest BCUT2D eigenvalue weighted by Gasteiger charge is -2.55. The highest BCUT2D eigenvalue weighted by Crippen LogP contribution is 2.64. The monoisotopic (exact) mass is 360 g/mol. The number of hydrogen-bond acceptors (Lipinski definition) is 4. The Balaban J connectivity index is 1.44. The second kappa shape index (κ2) is 5.34. The van der Waals surface area contributed by atoms with Crippen molar-refractivity contribution in [2.75, 3.05) is 13.2 Å². The van der Waals surface area contributed by atoms with Gasteiger partial charge in [0.1, 0.15) is 5.60 Å². The third kappa shape index (κ3) is 2.00. The van der Waals surface area contributed by atoms with Crippen LogP contribution in [0.25, 0.3) is 0 Å². The van der Waals surface area contributed by atoms with Crippen LogP contribution < -0.4 is 0 Å². The van der Waals surface area contributed by atoms with Crippen molar-refractivity contribution in [3.8, 4) is 0 Å². The molecule has 144 valence electrons. The lowest BCUT2D eigenvalue weighted by atomic mass is 9.55. The average Bonchev–Trinajstić information content (AvgIpc) is 3.26. The maximum absolute atomic E-state index is 6.79. The molecule has 0 bridgehead atoms. The highest BCUT2D eigenvalue weighted by atomic mass is 16.8. The molecule has 0 aromatic carbocycles. The predicted molar refractivity (Wildman–Crippen MR) is 96.4 cm³/mol. The maximum Gasteiger partial charge on any atom is 0.172 e. The Morgan fingerprint density at radius 1 is 1.00 bits per heavy atom. The molecule has 4 nitrogen and oxygen atoms in total. The van der Waals surface area contributed by atoms with E-state index in [9.17, 15) is 0 Å².